The third-order valence-corrected chi connectivity index (χ3v) is 4.58. The van der Waals surface area contributed by atoms with Gasteiger partial charge in [-0.2, -0.15) is 0 Å². The zero-order chi connectivity index (χ0) is 16.3. The monoisotopic (exact) mass is 323 g/mol. The van der Waals surface area contributed by atoms with E-state index >= 15 is 0 Å². The molecule has 0 aliphatic heterocycles. The van der Waals surface area contributed by atoms with Gasteiger partial charge in [0.15, 0.2) is 0 Å². The normalized spacial score (nSPS) is 13.3. The van der Waals surface area contributed by atoms with Crippen molar-refractivity contribution in [2.45, 2.75) is 44.7 Å². The lowest BCUT2D eigenvalue weighted by atomic mass is 10.1. The molecule has 2 rings (SSSR count). The van der Waals surface area contributed by atoms with Gasteiger partial charge in [-0.25, -0.2) is 13.6 Å². The fourth-order valence-electron chi connectivity index (χ4n) is 2.28. The number of primary sulfonamides is 1. The first-order valence-electron chi connectivity index (χ1n) is 7.13. The van der Waals surface area contributed by atoms with Crippen molar-refractivity contribution < 1.29 is 12.9 Å². The molecule has 6 nitrogen and oxygen atoms in total. The van der Waals surface area contributed by atoms with E-state index in [1.165, 1.54) is 6.07 Å². The lowest BCUT2D eigenvalue weighted by molar-refractivity contribution is 0.389. The summed E-state index contributed by atoms with van der Waals surface area (Å²) in [5.41, 5.74) is 2.85. The van der Waals surface area contributed by atoms with Gasteiger partial charge in [0.05, 0.1) is 10.6 Å². The van der Waals surface area contributed by atoms with Crippen molar-refractivity contribution in [2.24, 2.45) is 5.14 Å². The van der Waals surface area contributed by atoms with Crippen molar-refractivity contribution in [2.75, 3.05) is 0 Å². The predicted octanol–water partition coefficient (Wildman–Crippen LogP) is 2.04. The average Bonchev–Trinajstić information content (AvgIpc) is 2.84. The summed E-state index contributed by atoms with van der Waals surface area (Å²) in [5.74, 6) is 0.801. The minimum absolute atomic E-state index is 0.0271. The number of sulfonamides is 1. The highest BCUT2D eigenvalue weighted by Crippen LogP contribution is 2.19. The molecular weight excluding hydrogens is 302 g/mol. The molecule has 0 aliphatic rings. The van der Waals surface area contributed by atoms with Crippen molar-refractivity contribution in [1.82, 2.24) is 10.5 Å². The lowest BCUT2D eigenvalue weighted by Crippen LogP contribution is -2.20. The molecule has 0 radical (unpaired) electrons. The Morgan fingerprint density at radius 3 is 2.77 bits per heavy atom. The number of hydrogen-bond acceptors (Lipinski definition) is 5. The lowest BCUT2D eigenvalue weighted by Gasteiger charge is -2.15. The Morgan fingerprint density at radius 1 is 1.41 bits per heavy atom. The Balaban J connectivity index is 2.13. The maximum absolute atomic E-state index is 11.4. The van der Waals surface area contributed by atoms with Gasteiger partial charge in [-0.3, -0.25) is 0 Å². The molecule has 1 aromatic heterocycles. The fourth-order valence-corrected chi connectivity index (χ4v) is 2.84. The van der Waals surface area contributed by atoms with Gasteiger partial charge in [0.25, 0.3) is 0 Å². The van der Waals surface area contributed by atoms with Gasteiger partial charge in [0.1, 0.15) is 5.76 Å². The molecule has 22 heavy (non-hydrogen) atoms. The molecule has 0 bridgehead atoms. The van der Waals surface area contributed by atoms with Crippen molar-refractivity contribution in [1.29, 1.82) is 0 Å². The molecule has 1 aromatic carbocycles. The Hall–Kier alpha value is -1.70. The molecular formula is C15H21N3O3S. The number of nitrogens with two attached hydrogens (primary N) is 1. The molecule has 0 saturated carbocycles. The molecule has 2 aromatic rings. The van der Waals surface area contributed by atoms with Crippen LogP contribution < -0.4 is 10.5 Å². The summed E-state index contributed by atoms with van der Waals surface area (Å²) >= 11 is 0. The van der Waals surface area contributed by atoms with E-state index in [0.717, 1.165) is 29.0 Å². The van der Waals surface area contributed by atoms with Crippen molar-refractivity contribution in [3.8, 4) is 0 Å². The van der Waals surface area contributed by atoms with Gasteiger partial charge in [-0.1, -0.05) is 24.2 Å². The predicted molar refractivity (Wildman–Crippen MR) is 83.7 cm³/mol. The van der Waals surface area contributed by atoms with Crippen molar-refractivity contribution >= 4 is 10.0 Å². The Kier molecular flexibility index (Phi) is 5.00. The second-order valence-electron chi connectivity index (χ2n) is 5.24. The highest BCUT2D eigenvalue weighted by molar-refractivity contribution is 7.89. The Morgan fingerprint density at radius 2 is 2.14 bits per heavy atom. The van der Waals surface area contributed by atoms with Gasteiger partial charge in [0, 0.05) is 18.2 Å². The number of aromatic nitrogens is 1. The van der Waals surface area contributed by atoms with Crippen LogP contribution in [0.5, 0.6) is 0 Å². The minimum Gasteiger partial charge on any atom is -0.361 e. The van der Waals surface area contributed by atoms with Crippen LogP contribution in [0.15, 0.2) is 33.7 Å². The number of nitrogens with zero attached hydrogens (tertiary/aromatic N) is 1. The van der Waals surface area contributed by atoms with E-state index < -0.39 is 10.0 Å². The molecule has 7 heteroatoms. The van der Waals surface area contributed by atoms with Crippen LogP contribution in [0.2, 0.25) is 0 Å². The number of nitrogens with one attached hydrogen (secondary N) is 1. The third-order valence-electron chi connectivity index (χ3n) is 3.67. The van der Waals surface area contributed by atoms with Crippen LogP contribution >= 0.6 is 0 Å². The quantitative estimate of drug-likeness (QED) is 0.847. The first-order chi connectivity index (χ1) is 10.3. The summed E-state index contributed by atoms with van der Waals surface area (Å²) in [6.07, 6.45) is 0.809. The van der Waals surface area contributed by atoms with Crippen molar-refractivity contribution in [3.63, 3.8) is 0 Å². The maximum Gasteiger partial charge on any atom is 0.238 e. The molecule has 120 valence electrons. The Labute approximate surface area is 130 Å². The minimum atomic E-state index is -3.69. The molecule has 1 atom stereocenters. The number of rotatable bonds is 6. The number of benzene rings is 1. The maximum atomic E-state index is 11.4. The van der Waals surface area contributed by atoms with E-state index in [1.54, 1.807) is 12.1 Å². The highest BCUT2D eigenvalue weighted by atomic mass is 32.2. The standard InChI is InChI=1S/C15H21N3O3S/c1-4-15-14(11(3)21-18-15)9-17-10(2)12-6-5-7-13(8-12)22(16,19)20/h5-8,10,17H,4,9H2,1-3H3,(H2,16,19,20)/t10-/m0/s1. The van der Waals surface area contributed by atoms with Crippen LogP contribution in [0.25, 0.3) is 0 Å². The van der Waals surface area contributed by atoms with Crippen LogP contribution in [0, 0.1) is 6.92 Å². The van der Waals surface area contributed by atoms with Crippen LogP contribution in [0.1, 0.15) is 42.5 Å². The molecule has 3 N–H and O–H groups in total. The zero-order valence-electron chi connectivity index (χ0n) is 13.0. The summed E-state index contributed by atoms with van der Waals surface area (Å²) in [4.78, 5) is 0.119. The van der Waals surface area contributed by atoms with Crippen LogP contribution in [0.4, 0.5) is 0 Å². The van der Waals surface area contributed by atoms with E-state index in [2.05, 4.69) is 10.5 Å². The zero-order valence-corrected chi connectivity index (χ0v) is 13.8. The molecule has 0 unspecified atom stereocenters. The summed E-state index contributed by atoms with van der Waals surface area (Å²) in [7, 11) is -3.69. The third kappa shape index (κ3) is 3.73. The highest BCUT2D eigenvalue weighted by Gasteiger charge is 2.14. The van der Waals surface area contributed by atoms with Crippen LogP contribution in [-0.4, -0.2) is 13.6 Å². The molecule has 0 fully saturated rings. The van der Waals surface area contributed by atoms with Gasteiger partial charge < -0.3 is 9.84 Å². The van der Waals surface area contributed by atoms with Crippen molar-refractivity contribution in [3.05, 3.63) is 46.8 Å². The van der Waals surface area contributed by atoms with Gasteiger partial charge in [-0.05, 0) is 38.0 Å². The topological polar surface area (TPSA) is 98.2 Å². The van der Waals surface area contributed by atoms with E-state index in [4.69, 9.17) is 9.66 Å². The molecule has 0 amide bonds. The van der Waals surface area contributed by atoms with E-state index in [1.807, 2.05) is 26.8 Å². The SMILES string of the molecule is CCc1noc(C)c1CN[C@@H](C)c1cccc(S(N)(=O)=O)c1. The van der Waals surface area contributed by atoms with Gasteiger partial charge >= 0.3 is 0 Å². The van der Waals surface area contributed by atoms with E-state index in [9.17, 15) is 8.42 Å². The summed E-state index contributed by atoms with van der Waals surface area (Å²) < 4.78 is 28.0. The van der Waals surface area contributed by atoms with Crippen LogP contribution in [0.3, 0.4) is 0 Å². The van der Waals surface area contributed by atoms with Gasteiger partial charge in [-0.15, -0.1) is 0 Å². The Bertz CT molecular complexity index is 753. The first kappa shape index (κ1) is 16.7. The number of aryl methyl sites for hydroxylation is 2. The fraction of sp³-hybridized carbons (Fsp3) is 0.400. The van der Waals surface area contributed by atoms with E-state index in [0.29, 0.717) is 6.54 Å². The van der Waals surface area contributed by atoms with Gasteiger partial charge in [0.2, 0.25) is 10.0 Å². The first-order valence-corrected chi connectivity index (χ1v) is 8.67. The summed E-state index contributed by atoms with van der Waals surface area (Å²) in [6, 6.07) is 6.61. The average molecular weight is 323 g/mol. The second-order valence-corrected chi connectivity index (χ2v) is 6.80. The summed E-state index contributed by atoms with van der Waals surface area (Å²) in [5, 5.41) is 12.5. The summed E-state index contributed by atoms with van der Waals surface area (Å²) in [6.45, 7) is 6.49. The second kappa shape index (κ2) is 6.60. The van der Waals surface area contributed by atoms with E-state index in [-0.39, 0.29) is 10.9 Å². The smallest absolute Gasteiger partial charge is 0.238 e. The molecule has 0 saturated heterocycles. The van der Waals surface area contributed by atoms with Crippen LogP contribution in [-0.2, 0) is 23.0 Å². The number of hydrogen-bond donors (Lipinski definition) is 2. The molecule has 1 heterocycles. The molecule has 0 aliphatic carbocycles. The largest absolute Gasteiger partial charge is 0.361 e. The molecule has 0 spiro atoms.